The van der Waals surface area contributed by atoms with Crippen molar-refractivity contribution in [2.45, 2.75) is 51.1 Å². The number of rotatable bonds is 8. The molecule has 3 aromatic rings. The number of allylic oxidation sites excluding steroid dienone is 1. The van der Waals surface area contributed by atoms with Gasteiger partial charge in [0.05, 0.1) is 11.6 Å². The van der Waals surface area contributed by atoms with Crippen LogP contribution in [-0.4, -0.2) is 29.9 Å². The molecule has 0 spiro atoms. The molecule has 2 unspecified atom stereocenters. The van der Waals surface area contributed by atoms with Gasteiger partial charge in [0.25, 0.3) is 0 Å². The van der Waals surface area contributed by atoms with Crippen LogP contribution in [0.15, 0.2) is 79.0 Å². The summed E-state index contributed by atoms with van der Waals surface area (Å²) in [6.45, 7) is 5.21. The van der Waals surface area contributed by atoms with Crippen molar-refractivity contribution in [1.82, 2.24) is 0 Å². The number of nitrogens with two attached hydrogens (primary N) is 1. The lowest BCUT2D eigenvalue weighted by molar-refractivity contribution is -0.445. The fourth-order valence-electron chi connectivity index (χ4n) is 5.53. The molecule has 5 heteroatoms. The first-order valence-electron chi connectivity index (χ1n) is 13.5. The molecule has 1 saturated carbocycles. The van der Waals surface area contributed by atoms with Crippen molar-refractivity contribution >= 4 is 29.5 Å². The highest BCUT2D eigenvalue weighted by molar-refractivity contribution is 6.06. The van der Waals surface area contributed by atoms with Gasteiger partial charge in [-0.15, -0.1) is 0 Å². The summed E-state index contributed by atoms with van der Waals surface area (Å²) in [6.07, 6.45) is 9.97. The van der Waals surface area contributed by atoms with Crippen LogP contribution in [0.3, 0.4) is 0 Å². The van der Waals surface area contributed by atoms with E-state index in [1.807, 2.05) is 18.3 Å². The largest absolute Gasteiger partial charge is 0.478 e. The Morgan fingerprint density at radius 3 is 2.39 bits per heavy atom. The number of fused-ring (bicyclic) bond motifs is 1. The second-order valence-corrected chi connectivity index (χ2v) is 10.3. The topological polar surface area (TPSA) is 80.5 Å². The van der Waals surface area contributed by atoms with Crippen molar-refractivity contribution in [2.24, 2.45) is 5.73 Å². The first-order valence-corrected chi connectivity index (χ1v) is 13.5. The quantitative estimate of drug-likeness (QED) is 0.306. The summed E-state index contributed by atoms with van der Waals surface area (Å²) < 4.78 is 0. The fourth-order valence-corrected chi connectivity index (χ4v) is 5.53. The van der Waals surface area contributed by atoms with E-state index < -0.39 is 5.97 Å². The SMILES string of the molecule is CC[NH+]=CC(=CN)c1ccc2c(c1)CC(C)N(c1ccc(C3CC3)cc1)C2c1ccc(/C=C/C(=O)O)cc1. The van der Waals surface area contributed by atoms with Gasteiger partial charge in [-0.3, -0.25) is 0 Å². The fraction of sp³-hybridized carbons (Fsp3) is 0.273. The number of hydrogen-bond acceptors (Lipinski definition) is 3. The van der Waals surface area contributed by atoms with Crippen LogP contribution >= 0.6 is 0 Å². The summed E-state index contributed by atoms with van der Waals surface area (Å²) in [5.74, 6) is -0.217. The Bertz CT molecular complexity index is 1380. The van der Waals surface area contributed by atoms with Crippen LogP contribution in [-0.2, 0) is 11.2 Å². The highest BCUT2D eigenvalue weighted by atomic mass is 16.4. The third kappa shape index (κ3) is 5.42. The maximum atomic E-state index is 11.0. The van der Waals surface area contributed by atoms with Gasteiger partial charge in [0.2, 0.25) is 0 Å². The van der Waals surface area contributed by atoms with Gasteiger partial charge in [0.1, 0.15) is 6.54 Å². The van der Waals surface area contributed by atoms with Crippen LogP contribution in [0.4, 0.5) is 5.69 Å². The zero-order chi connectivity index (χ0) is 26.6. The van der Waals surface area contributed by atoms with Crippen LogP contribution in [0.2, 0.25) is 0 Å². The van der Waals surface area contributed by atoms with Crippen molar-refractivity contribution in [2.75, 3.05) is 11.4 Å². The van der Waals surface area contributed by atoms with E-state index in [0.717, 1.165) is 35.6 Å². The zero-order valence-electron chi connectivity index (χ0n) is 22.1. The lowest BCUT2D eigenvalue weighted by Gasteiger charge is -2.44. The Hall–Kier alpha value is -4.12. The second-order valence-electron chi connectivity index (χ2n) is 10.3. The Labute approximate surface area is 225 Å². The van der Waals surface area contributed by atoms with Gasteiger partial charge in [0.15, 0.2) is 6.21 Å². The van der Waals surface area contributed by atoms with E-state index in [0.29, 0.717) is 0 Å². The molecular weight excluding hydrogens is 470 g/mol. The summed E-state index contributed by atoms with van der Waals surface area (Å²) in [7, 11) is 0. The van der Waals surface area contributed by atoms with E-state index in [1.54, 1.807) is 12.3 Å². The van der Waals surface area contributed by atoms with Crippen LogP contribution in [0.5, 0.6) is 0 Å². The summed E-state index contributed by atoms with van der Waals surface area (Å²) >= 11 is 0. The molecule has 1 fully saturated rings. The van der Waals surface area contributed by atoms with E-state index >= 15 is 0 Å². The lowest BCUT2D eigenvalue weighted by atomic mass is 9.83. The smallest absolute Gasteiger partial charge is 0.328 e. The van der Waals surface area contributed by atoms with Crippen LogP contribution in [0, 0.1) is 0 Å². The van der Waals surface area contributed by atoms with Gasteiger partial charge < -0.3 is 15.7 Å². The Kier molecular flexibility index (Phi) is 7.45. The van der Waals surface area contributed by atoms with E-state index in [2.05, 4.69) is 78.3 Å². The summed E-state index contributed by atoms with van der Waals surface area (Å²) in [6, 6.07) is 24.4. The molecule has 38 heavy (non-hydrogen) atoms. The van der Waals surface area contributed by atoms with E-state index in [4.69, 9.17) is 10.8 Å². The van der Waals surface area contributed by atoms with E-state index in [-0.39, 0.29) is 12.1 Å². The van der Waals surface area contributed by atoms with Gasteiger partial charge in [-0.25, -0.2) is 9.79 Å². The monoisotopic (exact) mass is 506 g/mol. The molecule has 1 aliphatic carbocycles. The molecule has 3 aromatic carbocycles. The highest BCUT2D eigenvalue weighted by Crippen LogP contribution is 2.44. The molecule has 0 amide bonds. The van der Waals surface area contributed by atoms with Gasteiger partial charge in [-0.2, -0.15) is 0 Å². The number of carboxylic acid groups (broad SMARTS) is 1. The van der Waals surface area contributed by atoms with Crippen LogP contribution < -0.4 is 15.6 Å². The molecular formula is C33H36N3O2+. The molecule has 4 N–H and O–H groups in total. The maximum Gasteiger partial charge on any atom is 0.328 e. The standard InChI is InChI=1S/C33H35N3O2/c1-3-35-21-29(20-34)27-13-16-31-28(19-27)18-22(2)36(30-14-11-25(12-15-30)24-9-10-24)33(31)26-7-4-23(5-8-26)6-17-32(37)38/h4-8,11-17,19-22,24,33H,3,9-10,18,34H2,1-2H3,(H,37,38)/p+1/b17-6+,29-20?,35-21?. The molecule has 0 radical (unpaired) electrons. The molecule has 0 saturated heterocycles. The third-order valence-corrected chi connectivity index (χ3v) is 7.59. The lowest BCUT2D eigenvalue weighted by Crippen LogP contribution is -2.68. The first kappa shape index (κ1) is 25.5. The summed E-state index contributed by atoms with van der Waals surface area (Å²) in [5.41, 5.74) is 15.4. The molecule has 5 rings (SSSR count). The molecule has 2 atom stereocenters. The number of carboxylic acids is 1. The Morgan fingerprint density at radius 2 is 1.76 bits per heavy atom. The molecule has 194 valence electrons. The summed E-state index contributed by atoms with van der Waals surface area (Å²) in [5, 5.41) is 9.01. The minimum absolute atomic E-state index is 0.0372. The number of nitrogens with zero attached hydrogens (tertiary/aromatic N) is 1. The van der Waals surface area contributed by atoms with Crippen molar-refractivity contribution in [1.29, 1.82) is 0 Å². The Balaban J connectivity index is 1.57. The van der Waals surface area contributed by atoms with Crippen LogP contribution in [0.1, 0.15) is 72.0 Å². The normalized spacial score (nSPS) is 19.7. The zero-order valence-corrected chi connectivity index (χ0v) is 22.1. The molecule has 0 bridgehead atoms. The van der Waals surface area contributed by atoms with Crippen LogP contribution in [0.25, 0.3) is 11.6 Å². The number of benzene rings is 3. The second kappa shape index (κ2) is 11.1. The molecule has 1 aliphatic heterocycles. The third-order valence-electron chi connectivity index (χ3n) is 7.59. The highest BCUT2D eigenvalue weighted by Gasteiger charge is 2.34. The Morgan fingerprint density at radius 1 is 1.05 bits per heavy atom. The number of aliphatic carboxylic acids is 1. The minimum Gasteiger partial charge on any atom is -0.478 e. The predicted octanol–water partition coefficient (Wildman–Crippen LogP) is 4.67. The number of hydrogen-bond donors (Lipinski definition) is 3. The number of nitrogens with one attached hydrogen (secondary N) is 1. The van der Waals surface area contributed by atoms with Gasteiger partial charge in [0, 0.05) is 24.0 Å². The van der Waals surface area contributed by atoms with E-state index in [9.17, 15) is 4.79 Å². The minimum atomic E-state index is -0.946. The molecule has 0 aromatic heterocycles. The number of carbonyl (C=O) groups is 1. The number of anilines is 1. The molecule has 1 heterocycles. The molecule has 5 nitrogen and oxygen atoms in total. The average molecular weight is 507 g/mol. The van der Waals surface area contributed by atoms with Crippen molar-refractivity contribution < 1.29 is 14.9 Å². The average Bonchev–Trinajstić information content (AvgIpc) is 3.78. The van der Waals surface area contributed by atoms with Gasteiger partial charge >= 0.3 is 5.97 Å². The van der Waals surface area contributed by atoms with Crippen molar-refractivity contribution in [3.8, 4) is 0 Å². The van der Waals surface area contributed by atoms with Gasteiger partial charge in [-0.05, 0) is 90.6 Å². The van der Waals surface area contributed by atoms with Crippen molar-refractivity contribution in [3.63, 3.8) is 0 Å². The molecule has 2 aliphatic rings. The summed E-state index contributed by atoms with van der Waals surface area (Å²) in [4.78, 5) is 16.8. The maximum absolute atomic E-state index is 11.0. The first-order chi connectivity index (χ1) is 18.5. The van der Waals surface area contributed by atoms with Gasteiger partial charge in [-0.1, -0.05) is 54.6 Å². The van der Waals surface area contributed by atoms with E-state index in [1.165, 1.54) is 46.9 Å². The van der Waals surface area contributed by atoms with Crippen molar-refractivity contribution in [3.05, 3.63) is 112 Å². The predicted molar refractivity (Wildman–Crippen MR) is 155 cm³/mol.